The van der Waals surface area contributed by atoms with E-state index >= 15 is 0 Å². The highest BCUT2D eigenvalue weighted by molar-refractivity contribution is 7.98. The van der Waals surface area contributed by atoms with Gasteiger partial charge in [-0.2, -0.15) is 11.8 Å². The van der Waals surface area contributed by atoms with E-state index in [0.717, 1.165) is 11.3 Å². The summed E-state index contributed by atoms with van der Waals surface area (Å²) in [4.78, 5) is 30.4. The number of hydroxylamine groups is 2. The van der Waals surface area contributed by atoms with Gasteiger partial charge in [-0.1, -0.05) is 53.6 Å². The molecule has 1 heterocycles. The molecule has 0 N–H and O–H groups in total. The number of hydrogen-bond acceptors (Lipinski definition) is 6. The van der Waals surface area contributed by atoms with E-state index in [1.165, 1.54) is 5.06 Å². The molecule has 6 heteroatoms. The lowest BCUT2D eigenvalue weighted by atomic mass is 10.2. The molecule has 1 aliphatic rings. The number of ether oxygens (including phenoxy) is 1. The monoisotopic (exact) mass is 357 g/mol. The van der Waals surface area contributed by atoms with Crippen LogP contribution in [-0.2, 0) is 14.4 Å². The summed E-state index contributed by atoms with van der Waals surface area (Å²) in [6.07, 6.45) is 1.79. The summed E-state index contributed by atoms with van der Waals surface area (Å²) in [5.41, 5.74) is 1.20. The molecule has 1 aliphatic heterocycles. The number of esters is 1. The fourth-order valence-electron chi connectivity index (χ4n) is 2.65. The lowest BCUT2D eigenvalue weighted by Crippen LogP contribution is -2.37. The Hall–Kier alpha value is -2.31. The van der Waals surface area contributed by atoms with E-state index < -0.39 is 18.2 Å². The van der Waals surface area contributed by atoms with Gasteiger partial charge in [-0.15, -0.1) is 0 Å². The summed E-state index contributed by atoms with van der Waals surface area (Å²) in [7, 11) is 0. The predicted molar refractivity (Wildman–Crippen MR) is 95.8 cm³/mol. The van der Waals surface area contributed by atoms with Crippen molar-refractivity contribution in [3.8, 4) is 0 Å². The van der Waals surface area contributed by atoms with Crippen LogP contribution in [0.3, 0.4) is 0 Å². The zero-order chi connectivity index (χ0) is 17.6. The van der Waals surface area contributed by atoms with E-state index in [-0.39, 0.29) is 5.97 Å². The molecule has 0 aliphatic carbocycles. The molecule has 0 spiro atoms. The zero-order valence-electron chi connectivity index (χ0n) is 13.8. The molecule has 0 bridgehead atoms. The van der Waals surface area contributed by atoms with E-state index in [1.54, 1.807) is 36.0 Å². The fourth-order valence-corrected chi connectivity index (χ4v) is 3.11. The number of hydrogen-bond donors (Lipinski definition) is 0. The first kappa shape index (κ1) is 17.5. The minimum absolute atomic E-state index is 0.372. The highest BCUT2D eigenvalue weighted by Crippen LogP contribution is 2.34. The molecule has 25 heavy (non-hydrogen) atoms. The Morgan fingerprint density at radius 3 is 2.40 bits per heavy atom. The summed E-state index contributed by atoms with van der Waals surface area (Å²) >= 11 is 1.63. The summed E-state index contributed by atoms with van der Waals surface area (Å²) in [6, 6.07) is 17.4. The average Bonchev–Trinajstić information content (AvgIpc) is 2.97. The normalized spacial score (nSPS) is 20.3. The van der Waals surface area contributed by atoms with Crippen LogP contribution in [0.5, 0.6) is 0 Å². The van der Waals surface area contributed by atoms with Gasteiger partial charge in [0.2, 0.25) is 6.23 Å². The predicted octanol–water partition coefficient (Wildman–Crippen LogP) is 3.44. The lowest BCUT2D eigenvalue weighted by Gasteiger charge is -2.24. The highest BCUT2D eigenvalue weighted by atomic mass is 32.2. The van der Waals surface area contributed by atoms with E-state index in [0.29, 0.717) is 12.0 Å². The molecule has 2 atom stereocenters. The molecular weight excluding hydrogens is 338 g/mol. The Labute approximate surface area is 150 Å². The summed E-state index contributed by atoms with van der Waals surface area (Å²) in [6.45, 7) is 0. The average molecular weight is 357 g/mol. The minimum atomic E-state index is -0.729. The third kappa shape index (κ3) is 4.03. The van der Waals surface area contributed by atoms with Crippen molar-refractivity contribution in [1.29, 1.82) is 0 Å². The smallest absolute Gasteiger partial charge is 0.357 e. The molecule has 2 aromatic carbocycles. The fraction of sp³-hybridized carbons (Fsp3) is 0.263. The van der Waals surface area contributed by atoms with Crippen LogP contribution in [0.1, 0.15) is 28.6 Å². The Morgan fingerprint density at radius 1 is 1.12 bits per heavy atom. The van der Waals surface area contributed by atoms with Crippen molar-refractivity contribution in [1.82, 2.24) is 5.06 Å². The second-order valence-electron chi connectivity index (χ2n) is 5.60. The number of cyclic esters (lactones) is 1. The number of nitrogens with zero attached hydrogens (tertiary/aromatic N) is 1. The number of carbonyl (C=O) groups is 2. The third-order valence-electron chi connectivity index (χ3n) is 3.92. The molecule has 3 rings (SSSR count). The summed E-state index contributed by atoms with van der Waals surface area (Å²) in [5.74, 6) is -0.113. The largest absolute Gasteiger partial charge is 0.438 e. The van der Waals surface area contributed by atoms with E-state index in [4.69, 9.17) is 9.57 Å². The van der Waals surface area contributed by atoms with Crippen LogP contribution in [0.25, 0.3) is 0 Å². The summed E-state index contributed by atoms with van der Waals surface area (Å²) < 4.78 is 5.51. The van der Waals surface area contributed by atoms with Gasteiger partial charge in [0.15, 0.2) is 0 Å². The lowest BCUT2D eigenvalue weighted by molar-refractivity contribution is -0.179. The van der Waals surface area contributed by atoms with Crippen molar-refractivity contribution in [2.24, 2.45) is 0 Å². The quantitative estimate of drug-likeness (QED) is 0.738. The van der Waals surface area contributed by atoms with Crippen LogP contribution in [0, 0.1) is 0 Å². The third-order valence-corrected chi connectivity index (χ3v) is 4.56. The Balaban J connectivity index is 1.85. The first-order valence-corrected chi connectivity index (χ1v) is 9.40. The van der Waals surface area contributed by atoms with Crippen LogP contribution >= 0.6 is 11.8 Å². The van der Waals surface area contributed by atoms with Crippen molar-refractivity contribution >= 4 is 23.7 Å². The molecule has 1 fully saturated rings. The number of carbonyl (C=O) groups excluding carboxylic acids is 2. The van der Waals surface area contributed by atoms with Crippen molar-refractivity contribution in [3.63, 3.8) is 0 Å². The minimum Gasteiger partial charge on any atom is -0.438 e. The maximum atomic E-state index is 12.5. The van der Waals surface area contributed by atoms with E-state index in [1.807, 2.05) is 42.7 Å². The van der Waals surface area contributed by atoms with Gasteiger partial charge in [0.1, 0.15) is 6.04 Å². The first-order chi connectivity index (χ1) is 12.2. The number of thioether (sulfide) groups is 1. The van der Waals surface area contributed by atoms with Crippen molar-refractivity contribution in [2.75, 3.05) is 12.0 Å². The summed E-state index contributed by atoms with van der Waals surface area (Å²) in [5, 5.41) is 1.39. The Kier molecular flexibility index (Phi) is 5.73. The molecular formula is C19H19NO4S. The molecule has 0 unspecified atom stereocenters. The van der Waals surface area contributed by atoms with Gasteiger partial charge in [-0.05, 0) is 30.6 Å². The van der Waals surface area contributed by atoms with Gasteiger partial charge in [-0.3, -0.25) is 4.79 Å². The van der Waals surface area contributed by atoms with E-state index in [9.17, 15) is 9.59 Å². The van der Waals surface area contributed by atoms with Gasteiger partial charge in [0.25, 0.3) is 0 Å². The van der Waals surface area contributed by atoms with Crippen molar-refractivity contribution < 1.29 is 19.2 Å². The standard InChI is InChI=1S/C19H19NO4S/c1-25-13-12-16-19(22)23-17(14-8-4-2-5-9-14)20(16)24-18(21)15-10-6-3-7-11-15/h2-11,16-17H,12-13H2,1H3/t16-,17+/m0/s1. The zero-order valence-corrected chi connectivity index (χ0v) is 14.6. The molecule has 130 valence electrons. The Morgan fingerprint density at radius 2 is 1.76 bits per heavy atom. The van der Waals surface area contributed by atoms with Crippen LogP contribution in [0.4, 0.5) is 0 Å². The molecule has 1 saturated heterocycles. The SMILES string of the molecule is CSCC[C@H]1C(=O)O[C@H](c2ccccc2)N1OC(=O)c1ccccc1. The molecule has 5 nitrogen and oxygen atoms in total. The van der Waals surface area contributed by atoms with Crippen molar-refractivity contribution in [2.45, 2.75) is 18.7 Å². The first-order valence-electron chi connectivity index (χ1n) is 8.01. The van der Waals surface area contributed by atoms with Gasteiger partial charge in [0, 0.05) is 5.56 Å². The maximum absolute atomic E-state index is 12.5. The number of rotatable bonds is 6. The molecule has 0 aromatic heterocycles. The maximum Gasteiger partial charge on any atom is 0.357 e. The van der Waals surface area contributed by atoms with Gasteiger partial charge >= 0.3 is 11.9 Å². The molecule has 0 amide bonds. The second-order valence-corrected chi connectivity index (χ2v) is 6.59. The second kappa shape index (κ2) is 8.18. The topological polar surface area (TPSA) is 55.8 Å². The van der Waals surface area contributed by atoms with Crippen LogP contribution in [0.2, 0.25) is 0 Å². The molecule has 0 saturated carbocycles. The van der Waals surface area contributed by atoms with Gasteiger partial charge < -0.3 is 9.57 Å². The van der Waals surface area contributed by atoms with Crippen LogP contribution in [0.15, 0.2) is 60.7 Å². The van der Waals surface area contributed by atoms with Crippen LogP contribution in [-0.4, -0.2) is 35.1 Å². The van der Waals surface area contributed by atoms with E-state index in [2.05, 4.69) is 0 Å². The van der Waals surface area contributed by atoms with Gasteiger partial charge in [-0.25, -0.2) is 4.79 Å². The number of benzene rings is 2. The van der Waals surface area contributed by atoms with Gasteiger partial charge in [0.05, 0.1) is 5.56 Å². The van der Waals surface area contributed by atoms with Crippen LogP contribution < -0.4 is 0 Å². The molecule has 0 radical (unpaired) electrons. The highest BCUT2D eigenvalue weighted by Gasteiger charge is 2.45. The molecule has 2 aromatic rings. The Bertz CT molecular complexity index is 723. The van der Waals surface area contributed by atoms with Crippen molar-refractivity contribution in [3.05, 3.63) is 71.8 Å².